The number of carboxylic acids is 4. The molecule has 0 amide bonds. The molecule has 2 heterocycles. The van der Waals surface area contributed by atoms with Crippen LogP contribution in [0.4, 0.5) is 0 Å². The zero-order chi connectivity index (χ0) is 16.9. The van der Waals surface area contributed by atoms with Crippen LogP contribution in [0.5, 0.6) is 0 Å². The van der Waals surface area contributed by atoms with Crippen molar-refractivity contribution in [3.63, 3.8) is 0 Å². The number of carbonyl (C=O) groups is 4. The van der Waals surface area contributed by atoms with E-state index in [-0.39, 0.29) is 52.8 Å². The Labute approximate surface area is 160 Å². The van der Waals surface area contributed by atoms with Crippen LogP contribution in [0.2, 0.25) is 0 Å². The van der Waals surface area contributed by atoms with Crippen LogP contribution in [0.3, 0.4) is 0 Å². The Morgan fingerprint density at radius 3 is 1.15 bits per heavy atom. The van der Waals surface area contributed by atoms with E-state index in [4.69, 9.17) is 10.2 Å². The molecule has 0 atom stereocenters. The number of carboxylic acid groups (broad SMARTS) is 4. The second-order valence-electron chi connectivity index (χ2n) is 3.52. The van der Waals surface area contributed by atoms with Crippen LogP contribution in [0.25, 0.3) is 0 Å². The molecule has 16 nitrogen and oxygen atoms in total. The molecule has 148 valence electrons. The normalized spacial score (nSPS) is 7.70. The van der Waals surface area contributed by atoms with Gasteiger partial charge in [-0.25, -0.2) is 9.59 Å². The average Bonchev–Trinajstić information content (AvgIpc) is 3.09. The molecular weight excluding hydrogens is 434 g/mol. The van der Waals surface area contributed by atoms with Crippen molar-refractivity contribution in [2.24, 2.45) is 0 Å². The summed E-state index contributed by atoms with van der Waals surface area (Å²) in [7, 11) is 0. The summed E-state index contributed by atoms with van der Waals surface area (Å²) in [5, 5.41) is 47.1. The number of rotatable bonds is 4. The maximum atomic E-state index is 10.2. The van der Waals surface area contributed by atoms with Crippen molar-refractivity contribution in [3.05, 3.63) is 34.9 Å². The summed E-state index contributed by atoms with van der Waals surface area (Å²) < 4.78 is 0. The Kier molecular flexibility index (Phi) is 19.5. The molecule has 17 heteroatoms. The fourth-order valence-electron chi connectivity index (χ4n) is 1.07. The molecule has 0 spiro atoms. The van der Waals surface area contributed by atoms with Crippen molar-refractivity contribution < 1.29 is 81.0 Å². The van der Waals surface area contributed by atoms with Crippen molar-refractivity contribution in [2.75, 3.05) is 0 Å². The number of hydrogen-bond acceptors (Lipinski definition) is 8. The van der Waals surface area contributed by atoms with Gasteiger partial charge in [-0.1, -0.05) is 0 Å². The summed E-state index contributed by atoms with van der Waals surface area (Å²) in [6.45, 7) is 0. The number of nitrogens with zero attached hydrogens (tertiary/aromatic N) is 2. The van der Waals surface area contributed by atoms with Gasteiger partial charge in [0.2, 0.25) is 0 Å². The summed E-state index contributed by atoms with van der Waals surface area (Å²) >= 11 is 0. The number of hydrogen-bond donors (Lipinski definition) is 4. The van der Waals surface area contributed by atoms with Crippen LogP contribution in [0.15, 0.2) is 12.1 Å². The minimum absolute atomic E-state index is 0. The first kappa shape index (κ1) is 35.0. The average molecular weight is 450 g/mol. The zero-order valence-corrected chi connectivity index (χ0v) is 16.2. The molecule has 27 heavy (non-hydrogen) atoms. The van der Waals surface area contributed by atoms with E-state index in [1.54, 1.807) is 0 Å². The second-order valence-corrected chi connectivity index (χ2v) is 3.52. The predicted octanol–water partition coefficient (Wildman–Crippen LogP) is -6.55. The largest absolute Gasteiger partial charge is 2.00 e. The first-order chi connectivity index (χ1) is 10.2. The Morgan fingerprint density at radius 1 is 0.778 bits per heavy atom. The second kappa shape index (κ2) is 15.1. The third-order valence-corrected chi connectivity index (χ3v) is 2.03. The van der Waals surface area contributed by atoms with Gasteiger partial charge in [0.05, 0.1) is 11.9 Å². The molecule has 0 fully saturated rings. The monoisotopic (exact) mass is 448 g/mol. The first-order valence-corrected chi connectivity index (χ1v) is 5.22. The zero-order valence-electron chi connectivity index (χ0n) is 13.3. The van der Waals surface area contributed by atoms with E-state index in [1.807, 2.05) is 10.2 Å². The van der Waals surface area contributed by atoms with Gasteiger partial charge in [-0.2, -0.15) is 10.2 Å². The number of aromatic carboxylic acids is 4. The van der Waals surface area contributed by atoms with Gasteiger partial charge in [-0.15, -0.1) is 0 Å². The van der Waals surface area contributed by atoms with Crippen LogP contribution in [0.1, 0.15) is 42.0 Å². The van der Waals surface area contributed by atoms with Crippen molar-refractivity contribution in [3.8, 4) is 0 Å². The van der Waals surface area contributed by atoms with Gasteiger partial charge < -0.3 is 51.9 Å². The molecule has 0 saturated heterocycles. The molecule has 14 N–H and O–H groups in total. The van der Waals surface area contributed by atoms with E-state index in [1.165, 1.54) is 0 Å². The van der Waals surface area contributed by atoms with Gasteiger partial charge in [0.15, 0.2) is 0 Å². The van der Waals surface area contributed by atoms with Gasteiger partial charge >= 0.3 is 31.4 Å². The third-order valence-electron chi connectivity index (χ3n) is 2.03. The Morgan fingerprint density at radius 2 is 1.04 bits per heavy atom. The molecular formula is C10H16N4O12Zn+2. The minimum Gasteiger partial charge on any atom is -0.543 e. The number of H-pyrrole nitrogens is 2. The number of nitrogens with one attached hydrogen (secondary N) is 2. The van der Waals surface area contributed by atoms with E-state index < -0.39 is 35.3 Å². The van der Waals surface area contributed by atoms with Crippen molar-refractivity contribution in [1.82, 2.24) is 20.4 Å². The quantitative estimate of drug-likeness (QED) is 0.252. The molecule has 0 aliphatic carbocycles. The van der Waals surface area contributed by atoms with Gasteiger partial charge in [-0.3, -0.25) is 10.2 Å². The summed E-state index contributed by atoms with van der Waals surface area (Å²) in [6.07, 6.45) is 0. The summed E-state index contributed by atoms with van der Waals surface area (Å²) in [4.78, 5) is 40.4. The predicted molar refractivity (Wildman–Crippen MR) is 76.7 cm³/mol. The van der Waals surface area contributed by atoms with Crippen molar-refractivity contribution in [1.29, 1.82) is 0 Å². The SMILES string of the molecule is O.O.O=C([O-])c1cc(C(=O)O)[nH]n1.O=C([O-])c1cc(C(=O)O)[nH]n1.[OH3+].[OH3+].[Zn+2]. The standard InChI is InChI=1S/2C5H4N2O4.4H2O.Zn/c2*8-4(9)2-1-3(5(10)11)7-6-2;;;;;/h2*1H,(H,6,7)(H,8,9)(H,10,11);4*1H2;/q;;;;;;+2. The topological polar surface area (TPSA) is 341 Å². The summed E-state index contributed by atoms with van der Waals surface area (Å²) in [5.74, 6) is -5.53. The Balaban J connectivity index is -0.000000101. The van der Waals surface area contributed by atoms with E-state index in [2.05, 4.69) is 10.2 Å². The third kappa shape index (κ3) is 10.4. The van der Waals surface area contributed by atoms with Crippen LogP contribution in [-0.2, 0) is 30.4 Å². The Hall–Kier alpha value is -3.24. The molecule has 0 unspecified atom stereocenters. The minimum atomic E-state index is -1.51. The molecule has 2 aromatic heterocycles. The molecule has 2 aromatic rings. The smallest absolute Gasteiger partial charge is 0.543 e. The van der Waals surface area contributed by atoms with Crippen LogP contribution >= 0.6 is 0 Å². The van der Waals surface area contributed by atoms with Gasteiger partial charge in [0.25, 0.3) is 0 Å². The number of carbonyl (C=O) groups excluding carboxylic acids is 2. The number of aromatic amines is 2. The molecule has 0 aromatic carbocycles. The molecule has 0 aliphatic heterocycles. The van der Waals surface area contributed by atoms with E-state index in [0.29, 0.717) is 0 Å². The van der Waals surface area contributed by atoms with Gasteiger partial charge in [0, 0.05) is 0 Å². The molecule has 0 aliphatic rings. The fourth-order valence-corrected chi connectivity index (χ4v) is 1.07. The van der Waals surface area contributed by atoms with Gasteiger partial charge in [-0.05, 0) is 12.1 Å². The van der Waals surface area contributed by atoms with Crippen molar-refractivity contribution >= 4 is 23.9 Å². The molecule has 0 radical (unpaired) electrons. The maximum absolute atomic E-state index is 10.2. The van der Waals surface area contributed by atoms with Gasteiger partial charge in [0.1, 0.15) is 22.8 Å². The molecule has 2 rings (SSSR count). The summed E-state index contributed by atoms with van der Waals surface area (Å²) in [6, 6.07) is 1.77. The van der Waals surface area contributed by atoms with E-state index >= 15 is 0 Å². The molecule has 0 saturated carbocycles. The van der Waals surface area contributed by atoms with Crippen molar-refractivity contribution in [2.45, 2.75) is 0 Å². The molecule has 0 bridgehead atoms. The van der Waals surface area contributed by atoms with Crippen LogP contribution in [0, 0.1) is 0 Å². The fraction of sp³-hybridized carbons (Fsp3) is 0. The van der Waals surface area contributed by atoms with Crippen LogP contribution in [-0.4, -0.2) is 65.4 Å². The summed E-state index contributed by atoms with van der Waals surface area (Å²) in [5.41, 5.74) is -1.38. The first-order valence-electron chi connectivity index (χ1n) is 5.22. The van der Waals surface area contributed by atoms with E-state index in [0.717, 1.165) is 12.1 Å². The van der Waals surface area contributed by atoms with Crippen LogP contribution < -0.4 is 10.2 Å². The number of aromatic nitrogens is 4. The maximum Gasteiger partial charge on any atom is 2.00 e. The van der Waals surface area contributed by atoms with E-state index in [9.17, 15) is 29.4 Å². The Bertz CT molecular complexity index is 623.